The average Bonchev–Trinajstić information content (AvgIpc) is 2.63. The highest BCUT2D eigenvalue weighted by molar-refractivity contribution is 6.30. The lowest BCUT2D eigenvalue weighted by Crippen LogP contribution is -2.31. The fourth-order valence-corrected chi connectivity index (χ4v) is 2.57. The predicted octanol–water partition coefficient (Wildman–Crippen LogP) is 2.79. The van der Waals surface area contributed by atoms with E-state index in [1.807, 2.05) is 31.2 Å². The number of nitrogens with two attached hydrogens (primary N) is 1. The maximum atomic E-state index is 11.9. The number of hydrogen-bond donors (Lipinski definition) is 1. The molecule has 1 aliphatic heterocycles. The van der Waals surface area contributed by atoms with Gasteiger partial charge in [-0.25, -0.2) is 4.79 Å². The molecule has 1 amide bonds. The fourth-order valence-electron chi connectivity index (χ4n) is 2.36. The first-order valence-electron chi connectivity index (χ1n) is 6.45. The van der Waals surface area contributed by atoms with Gasteiger partial charge in [-0.2, -0.15) is 0 Å². The predicted molar refractivity (Wildman–Crippen MR) is 75.0 cm³/mol. The third kappa shape index (κ3) is 3.61. The molecule has 0 radical (unpaired) electrons. The highest BCUT2D eigenvalue weighted by Gasteiger charge is 2.40. The summed E-state index contributed by atoms with van der Waals surface area (Å²) in [7, 11) is 0. The van der Waals surface area contributed by atoms with E-state index in [2.05, 4.69) is 0 Å². The van der Waals surface area contributed by atoms with Crippen LogP contribution in [0.3, 0.4) is 0 Å². The molecule has 5 heteroatoms. The summed E-state index contributed by atoms with van der Waals surface area (Å²) >= 11 is 5.94. The molecule has 1 aromatic carbocycles. The van der Waals surface area contributed by atoms with Crippen LogP contribution in [0.4, 0.5) is 4.79 Å². The standard InChI is InChI=1S/C14H19ClN2O2/c1-14(6-3-7-16)10-17(13(18)19-14)9-11-4-2-5-12(15)8-11/h2,4-5,8H,3,6-7,9-10,16H2,1H3. The smallest absolute Gasteiger partial charge is 0.410 e. The van der Waals surface area contributed by atoms with Crippen LogP contribution < -0.4 is 5.73 Å². The van der Waals surface area contributed by atoms with Crippen LogP contribution in [0.2, 0.25) is 5.02 Å². The molecule has 1 aliphatic rings. The van der Waals surface area contributed by atoms with Gasteiger partial charge in [0, 0.05) is 11.6 Å². The van der Waals surface area contributed by atoms with Crippen LogP contribution in [0.5, 0.6) is 0 Å². The summed E-state index contributed by atoms with van der Waals surface area (Å²) in [5.41, 5.74) is 6.09. The monoisotopic (exact) mass is 282 g/mol. The number of rotatable bonds is 5. The zero-order valence-corrected chi connectivity index (χ0v) is 11.8. The van der Waals surface area contributed by atoms with Gasteiger partial charge < -0.3 is 10.5 Å². The number of benzene rings is 1. The van der Waals surface area contributed by atoms with Crippen LogP contribution in [-0.2, 0) is 11.3 Å². The van der Waals surface area contributed by atoms with E-state index in [9.17, 15) is 4.79 Å². The molecule has 1 fully saturated rings. The van der Waals surface area contributed by atoms with Crippen molar-refractivity contribution in [2.75, 3.05) is 13.1 Å². The van der Waals surface area contributed by atoms with Crippen LogP contribution in [0, 0.1) is 0 Å². The molecule has 0 spiro atoms. The molecule has 0 aliphatic carbocycles. The summed E-state index contributed by atoms with van der Waals surface area (Å²) in [5, 5.41) is 0.677. The van der Waals surface area contributed by atoms with Crippen molar-refractivity contribution >= 4 is 17.7 Å². The van der Waals surface area contributed by atoms with Gasteiger partial charge in [0.05, 0.1) is 6.54 Å². The third-order valence-corrected chi connectivity index (χ3v) is 3.52. The Bertz CT molecular complexity index is 467. The first-order chi connectivity index (χ1) is 9.02. The molecule has 4 nitrogen and oxygen atoms in total. The van der Waals surface area contributed by atoms with Gasteiger partial charge in [-0.1, -0.05) is 23.7 Å². The van der Waals surface area contributed by atoms with Crippen LogP contribution in [-0.4, -0.2) is 29.7 Å². The Kier molecular flexibility index (Phi) is 4.32. The van der Waals surface area contributed by atoms with E-state index < -0.39 is 5.60 Å². The molecule has 1 saturated heterocycles. The minimum absolute atomic E-state index is 0.264. The van der Waals surface area contributed by atoms with E-state index in [-0.39, 0.29) is 6.09 Å². The summed E-state index contributed by atoms with van der Waals surface area (Å²) in [6.45, 7) is 3.69. The molecule has 19 heavy (non-hydrogen) atoms. The zero-order chi connectivity index (χ0) is 13.9. The van der Waals surface area contributed by atoms with Crippen LogP contribution in [0.25, 0.3) is 0 Å². The van der Waals surface area contributed by atoms with Crippen molar-refractivity contribution in [3.05, 3.63) is 34.9 Å². The van der Waals surface area contributed by atoms with E-state index in [1.165, 1.54) is 0 Å². The molecular weight excluding hydrogens is 264 g/mol. The molecule has 2 N–H and O–H groups in total. The molecule has 1 unspecified atom stereocenters. The maximum absolute atomic E-state index is 11.9. The van der Waals surface area contributed by atoms with Crippen molar-refractivity contribution < 1.29 is 9.53 Å². The number of nitrogens with zero attached hydrogens (tertiary/aromatic N) is 1. The quantitative estimate of drug-likeness (QED) is 0.903. The van der Waals surface area contributed by atoms with Crippen LogP contribution >= 0.6 is 11.6 Å². The number of cyclic esters (lactones) is 1. The van der Waals surface area contributed by atoms with Crippen molar-refractivity contribution in [1.29, 1.82) is 0 Å². The second kappa shape index (κ2) is 5.80. The SMILES string of the molecule is CC1(CCCN)CN(Cc2cccc(Cl)c2)C(=O)O1. The summed E-state index contributed by atoms with van der Waals surface area (Å²) < 4.78 is 5.46. The Morgan fingerprint density at radius 2 is 2.32 bits per heavy atom. The lowest BCUT2D eigenvalue weighted by Gasteiger charge is -2.21. The molecule has 0 aromatic heterocycles. The van der Waals surface area contributed by atoms with E-state index in [4.69, 9.17) is 22.1 Å². The fraction of sp³-hybridized carbons (Fsp3) is 0.500. The summed E-state index contributed by atoms with van der Waals surface area (Å²) in [5.74, 6) is 0. The number of amides is 1. The number of carbonyl (C=O) groups is 1. The first-order valence-corrected chi connectivity index (χ1v) is 6.83. The van der Waals surface area contributed by atoms with Crippen LogP contribution in [0.1, 0.15) is 25.3 Å². The van der Waals surface area contributed by atoms with E-state index in [1.54, 1.807) is 4.90 Å². The van der Waals surface area contributed by atoms with Gasteiger partial charge in [0.25, 0.3) is 0 Å². The Morgan fingerprint density at radius 1 is 1.53 bits per heavy atom. The van der Waals surface area contributed by atoms with E-state index in [0.29, 0.717) is 24.7 Å². The van der Waals surface area contributed by atoms with Crippen molar-refractivity contribution in [3.63, 3.8) is 0 Å². The molecule has 1 aromatic rings. The van der Waals surface area contributed by atoms with Crippen molar-refractivity contribution in [2.45, 2.75) is 31.9 Å². The van der Waals surface area contributed by atoms with Gasteiger partial charge in [-0.3, -0.25) is 4.90 Å². The Morgan fingerprint density at radius 3 is 3.00 bits per heavy atom. The molecule has 2 rings (SSSR count). The second-order valence-electron chi connectivity index (χ2n) is 5.20. The minimum Gasteiger partial charge on any atom is -0.441 e. The molecule has 1 atom stereocenters. The van der Waals surface area contributed by atoms with Gasteiger partial charge in [0.1, 0.15) is 5.60 Å². The average molecular weight is 283 g/mol. The van der Waals surface area contributed by atoms with Crippen molar-refractivity contribution in [2.24, 2.45) is 5.73 Å². The Balaban J connectivity index is 2.00. The number of ether oxygens (including phenoxy) is 1. The highest BCUT2D eigenvalue weighted by atomic mass is 35.5. The number of halogens is 1. The van der Waals surface area contributed by atoms with Gasteiger partial charge >= 0.3 is 6.09 Å². The number of carbonyl (C=O) groups excluding carboxylic acids is 1. The molecule has 1 heterocycles. The Labute approximate surface area is 118 Å². The minimum atomic E-state index is -0.422. The van der Waals surface area contributed by atoms with Crippen molar-refractivity contribution in [1.82, 2.24) is 4.90 Å². The number of hydrogen-bond acceptors (Lipinski definition) is 3. The maximum Gasteiger partial charge on any atom is 0.410 e. The summed E-state index contributed by atoms with van der Waals surface area (Å²) in [4.78, 5) is 13.6. The van der Waals surface area contributed by atoms with Gasteiger partial charge in [-0.15, -0.1) is 0 Å². The highest BCUT2D eigenvalue weighted by Crippen LogP contribution is 2.28. The molecular formula is C14H19ClN2O2. The largest absolute Gasteiger partial charge is 0.441 e. The van der Waals surface area contributed by atoms with Gasteiger partial charge in [0.15, 0.2) is 0 Å². The molecule has 0 saturated carbocycles. The van der Waals surface area contributed by atoms with Gasteiger partial charge in [-0.05, 0) is 44.0 Å². The summed E-state index contributed by atoms with van der Waals surface area (Å²) in [6.07, 6.45) is 1.38. The lowest BCUT2D eigenvalue weighted by molar-refractivity contribution is 0.0638. The van der Waals surface area contributed by atoms with Crippen molar-refractivity contribution in [3.8, 4) is 0 Å². The van der Waals surface area contributed by atoms with E-state index in [0.717, 1.165) is 18.4 Å². The normalized spacial score (nSPS) is 22.7. The summed E-state index contributed by atoms with van der Waals surface area (Å²) in [6, 6.07) is 7.52. The van der Waals surface area contributed by atoms with Gasteiger partial charge in [0.2, 0.25) is 0 Å². The molecule has 0 bridgehead atoms. The van der Waals surface area contributed by atoms with Crippen LogP contribution in [0.15, 0.2) is 24.3 Å². The second-order valence-corrected chi connectivity index (χ2v) is 5.63. The molecule has 104 valence electrons. The third-order valence-electron chi connectivity index (χ3n) is 3.29. The topological polar surface area (TPSA) is 55.6 Å². The zero-order valence-electron chi connectivity index (χ0n) is 11.1. The van der Waals surface area contributed by atoms with E-state index >= 15 is 0 Å². The first kappa shape index (κ1) is 14.2. The lowest BCUT2D eigenvalue weighted by atomic mass is 10.00. The Hall–Kier alpha value is -1.26.